The van der Waals surface area contributed by atoms with E-state index in [2.05, 4.69) is 5.32 Å². The molecular weight excluding hydrogens is 497 g/mol. The maximum absolute atomic E-state index is 13.7. The predicted octanol–water partition coefficient (Wildman–Crippen LogP) is 4.48. The van der Waals surface area contributed by atoms with E-state index < -0.39 is 38.6 Å². The largest absolute Gasteiger partial charge is 0.497 e. The minimum Gasteiger partial charge on any atom is -0.497 e. The number of alkyl halides is 3. The molecule has 1 atom stereocenters. The van der Waals surface area contributed by atoms with E-state index in [0.29, 0.717) is 17.4 Å². The van der Waals surface area contributed by atoms with Gasteiger partial charge in [0, 0.05) is 12.6 Å². The molecule has 4 rings (SSSR count). The van der Waals surface area contributed by atoms with E-state index in [-0.39, 0.29) is 24.4 Å². The molecule has 0 saturated carbocycles. The minimum atomic E-state index is -4.90. The number of sulfonamides is 1. The number of halogens is 3. The van der Waals surface area contributed by atoms with Crippen LogP contribution in [-0.2, 0) is 34.0 Å². The Labute approximate surface area is 206 Å². The van der Waals surface area contributed by atoms with Crippen LogP contribution in [0, 0.1) is 0 Å². The first-order valence-corrected chi connectivity index (χ1v) is 12.3. The molecule has 0 saturated heterocycles. The molecule has 0 spiro atoms. The number of nitrogens with one attached hydrogen (secondary N) is 1. The van der Waals surface area contributed by atoms with Crippen LogP contribution in [0.15, 0.2) is 71.6 Å². The lowest BCUT2D eigenvalue weighted by Crippen LogP contribution is -2.50. The fraction of sp³-hybridized carbons (Fsp3) is 0.240. The fourth-order valence-electron chi connectivity index (χ4n) is 4.14. The molecule has 0 aliphatic carbocycles. The standard InChI is InChI=1S/C25H23F3N2O5S/c1-34-18-11-12-20(22(14-18)35-2)29-24(31)21-13-16-7-3-4-8-17(16)15-30(21)36(32,33)23-10-6-5-9-19(23)25(26,27)28/h3-12,14,21H,13,15H2,1-2H3,(H,29,31)/t21-/m0/s1. The number of methoxy groups -OCH3 is 2. The maximum Gasteiger partial charge on any atom is 0.417 e. The molecule has 1 aliphatic heterocycles. The molecule has 0 unspecified atom stereocenters. The average Bonchev–Trinajstić information content (AvgIpc) is 2.87. The van der Waals surface area contributed by atoms with E-state index in [1.165, 1.54) is 26.4 Å². The van der Waals surface area contributed by atoms with Crippen molar-refractivity contribution in [1.29, 1.82) is 0 Å². The molecule has 1 amide bonds. The van der Waals surface area contributed by atoms with Crippen molar-refractivity contribution in [3.8, 4) is 11.5 Å². The summed E-state index contributed by atoms with van der Waals surface area (Å²) in [6.45, 7) is -0.261. The second-order valence-corrected chi connectivity index (χ2v) is 9.95. The summed E-state index contributed by atoms with van der Waals surface area (Å²) in [6, 6.07) is 14.2. The van der Waals surface area contributed by atoms with Crippen molar-refractivity contribution in [2.24, 2.45) is 0 Å². The highest BCUT2D eigenvalue weighted by Crippen LogP contribution is 2.38. The van der Waals surface area contributed by atoms with Crippen molar-refractivity contribution in [3.05, 3.63) is 83.4 Å². The number of fused-ring (bicyclic) bond motifs is 1. The molecule has 36 heavy (non-hydrogen) atoms. The van der Waals surface area contributed by atoms with Gasteiger partial charge in [0.05, 0.1) is 30.4 Å². The Morgan fingerprint density at radius 2 is 1.64 bits per heavy atom. The summed E-state index contributed by atoms with van der Waals surface area (Å²) in [5.74, 6) is 0.0428. The first-order valence-electron chi connectivity index (χ1n) is 10.8. The Kier molecular flexibility index (Phi) is 6.96. The van der Waals surface area contributed by atoms with Crippen molar-refractivity contribution < 1.29 is 35.9 Å². The summed E-state index contributed by atoms with van der Waals surface area (Å²) in [5.41, 5.74) is 0.307. The fourth-order valence-corrected chi connectivity index (χ4v) is 5.92. The Morgan fingerprint density at radius 1 is 0.972 bits per heavy atom. The molecular formula is C25H23F3N2O5S. The Balaban J connectivity index is 1.77. The molecule has 1 heterocycles. The van der Waals surface area contributed by atoms with Crippen molar-refractivity contribution >= 4 is 21.6 Å². The number of rotatable bonds is 6. The van der Waals surface area contributed by atoms with Gasteiger partial charge in [-0.3, -0.25) is 4.79 Å². The van der Waals surface area contributed by atoms with Gasteiger partial charge in [0.1, 0.15) is 17.5 Å². The van der Waals surface area contributed by atoms with E-state index in [9.17, 15) is 26.4 Å². The lowest BCUT2D eigenvalue weighted by molar-refractivity contribution is -0.139. The van der Waals surface area contributed by atoms with Gasteiger partial charge < -0.3 is 14.8 Å². The number of nitrogens with zero attached hydrogens (tertiary/aromatic N) is 1. The van der Waals surface area contributed by atoms with Crippen molar-refractivity contribution in [2.45, 2.75) is 30.1 Å². The third kappa shape index (κ3) is 4.89. The van der Waals surface area contributed by atoms with Crippen LogP contribution >= 0.6 is 0 Å². The molecule has 0 aromatic heterocycles. The number of carbonyl (C=O) groups excluding carboxylic acids is 1. The van der Waals surface area contributed by atoms with E-state index in [1.807, 2.05) is 0 Å². The van der Waals surface area contributed by atoms with Gasteiger partial charge in [0.25, 0.3) is 0 Å². The second-order valence-electron chi connectivity index (χ2n) is 8.09. The van der Waals surface area contributed by atoms with Crippen LogP contribution in [0.3, 0.4) is 0 Å². The Morgan fingerprint density at radius 3 is 2.31 bits per heavy atom. The van der Waals surface area contributed by atoms with Crippen LogP contribution in [0.1, 0.15) is 16.7 Å². The SMILES string of the molecule is COc1ccc(NC(=O)[C@@H]2Cc3ccccc3CN2S(=O)(=O)c2ccccc2C(F)(F)F)c(OC)c1. The zero-order valence-corrected chi connectivity index (χ0v) is 20.2. The number of benzene rings is 3. The summed E-state index contributed by atoms with van der Waals surface area (Å²) in [7, 11) is -1.87. The molecule has 1 N–H and O–H groups in total. The number of carbonyl (C=O) groups is 1. The van der Waals surface area contributed by atoms with Crippen LogP contribution in [0.5, 0.6) is 11.5 Å². The highest BCUT2D eigenvalue weighted by molar-refractivity contribution is 7.89. The van der Waals surface area contributed by atoms with Gasteiger partial charge in [-0.05, 0) is 41.8 Å². The molecule has 1 aliphatic rings. The smallest absolute Gasteiger partial charge is 0.417 e. The van der Waals surface area contributed by atoms with Gasteiger partial charge in [-0.1, -0.05) is 36.4 Å². The van der Waals surface area contributed by atoms with Crippen LogP contribution in [-0.4, -0.2) is 38.9 Å². The lowest BCUT2D eigenvalue weighted by Gasteiger charge is -2.35. The molecule has 190 valence electrons. The molecule has 0 radical (unpaired) electrons. The second kappa shape index (κ2) is 9.82. The number of ether oxygens (including phenoxy) is 2. The third-order valence-corrected chi connectivity index (χ3v) is 7.87. The zero-order valence-electron chi connectivity index (χ0n) is 19.4. The lowest BCUT2D eigenvalue weighted by atomic mass is 9.95. The van der Waals surface area contributed by atoms with Gasteiger partial charge in [-0.25, -0.2) is 8.42 Å². The van der Waals surface area contributed by atoms with Crippen LogP contribution in [0.25, 0.3) is 0 Å². The molecule has 3 aromatic carbocycles. The quantitative estimate of drug-likeness (QED) is 0.518. The first-order chi connectivity index (χ1) is 17.1. The number of hydrogen-bond donors (Lipinski definition) is 1. The van der Waals surface area contributed by atoms with Crippen LogP contribution < -0.4 is 14.8 Å². The summed E-state index contributed by atoms with van der Waals surface area (Å²) < 4.78 is 79.6. The third-order valence-electron chi connectivity index (χ3n) is 5.95. The first kappa shape index (κ1) is 25.5. The minimum absolute atomic E-state index is 0.0199. The molecule has 11 heteroatoms. The molecule has 0 fully saturated rings. The van der Waals surface area contributed by atoms with E-state index in [1.54, 1.807) is 36.4 Å². The number of anilines is 1. The Bertz CT molecular complexity index is 1390. The van der Waals surface area contributed by atoms with Gasteiger partial charge in [0.2, 0.25) is 15.9 Å². The maximum atomic E-state index is 13.7. The van der Waals surface area contributed by atoms with Crippen LogP contribution in [0.2, 0.25) is 0 Å². The normalized spacial score (nSPS) is 16.2. The predicted molar refractivity (Wildman–Crippen MR) is 126 cm³/mol. The van der Waals surface area contributed by atoms with Crippen LogP contribution in [0.4, 0.5) is 18.9 Å². The van der Waals surface area contributed by atoms with E-state index in [4.69, 9.17) is 9.47 Å². The number of amides is 1. The van der Waals surface area contributed by atoms with E-state index in [0.717, 1.165) is 22.0 Å². The summed E-state index contributed by atoms with van der Waals surface area (Å²) in [5, 5.41) is 2.66. The summed E-state index contributed by atoms with van der Waals surface area (Å²) in [4.78, 5) is 12.5. The monoisotopic (exact) mass is 520 g/mol. The van der Waals surface area contributed by atoms with Gasteiger partial charge >= 0.3 is 6.18 Å². The highest BCUT2D eigenvalue weighted by atomic mass is 32.2. The Hall–Kier alpha value is -3.57. The average molecular weight is 521 g/mol. The van der Waals surface area contributed by atoms with Gasteiger partial charge in [-0.2, -0.15) is 17.5 Å². The van der Waals surface area contributed by atoms with Gasteiger partial charge in [0.15, 0.2) is 0 Å². The summed E-state index contributed by atoms with van der Waals surface area (Å²) in [6.07, 6.45) is -4.92. The highest BCUT2D eigenvalue weighted by Gasteiger charge is 2.44. The zero-order chi connectivity index (χ0) is 26.1. The topological polar surface area (TPSA) is 84.9 Å². The number of hydrogen-bond acceptors (Lipinski definition) is 5. The molecule has 3 aromatic rings. The van der Waals surface area contributed by atoms with Crippen molar-refractivity contribution in [2.75, 3.05) is 19.5 Å². The van der Waals surface area contributed by atoms with Crippen molar-refractivity contribution in [3.63, 3.8) is 0 Å². The van der Waals surface area contributed by atoms with Gasteiger partial charge in [-0.15, -0.1) is 0 Å². The van der Waals surface area contributed by atoms with Crippen molar-refractivity contribution in [1.82, 2.24) is 4.31 Å². The molecule has 7 nitrogen and oxygen atoms in total. The summed E-state index contributed by atoms with van der Waals surface area (Å²) >= 11 is 0. The molecule has 0 bridgehead atoms. The van der Waals surface area contributed by atoms with E-state index >= 15 is 0 Å².